The molecule has 5 atom stereocenters. The van der Waals surface area contributed by atoms with Crippen molar-refractivity contribution >= 4 is 56.4 Å². The van der Waals surface area contributed by atoms with Gasteiger partial charge in [-0.2, -0.15) is 19.9 Å². The molecule has 3 N–H and O–H groups in total. The van der Waals surface area contributed by atoms with Crippen molar-refractivity contribution in [2.45, 2.75) is 102 Å². The van der Waals surface area contributed by atoms with E-state index in [1.807, 2.05) is 25.8 Å². The second kappa shape index (κ2) is 22.1. The lowest BCUT2D eigenvalue weighted by molar-refractivity contribution is 0.0597. The normalized spacial score (nSPS) is 24.1. The molecular formula is C61H69F3N10O9. The van der Waals surface area contributed by atoms with Crippen molar-refractivity contribution in [3.8, 4) is 23.5 Å². The number of carbonyl (C=O) groups is 2. The molecule has 0 bridgehead atoms. The van der Waals surface area contributed by atoms with Crippen molar-refractivity contribution in [2.75, 3.05) is 112 Å². The highest BCUT2D eigenvalue weighted by molar-refractivity contribution is 6.18. The lowest BCUT2D eigenvalue weighted by Crippen LogP contribution is -2.43. The van der Waals surface area contributed by atoms with Gasteiger partial charge in [0, 0.05) is 81.2 Å². The van der Waals surface area contributed by atoms with Crippen LogP contribution in [0, 0.1) is 17.6 Å². The number of aromatic nitrogens is 4. The predicted molar refractivity (Wildman–Crippen MR) is 304 cm³/mol. The van der Waals surface area contributed by atoms with Crippen molar-refractivity contribution in [3.63, 3.8) is 0 Å². The van der Waals surface area contributed by atoms with E-state index in [1.165, 1.54) is 28.0 Å². The lowest BCUT2D eigenvalue weighted by Gasteiger charge is -2.31. The van der Waals surface area contributed by atoms with Crippen LogP contribution < -0.4 is 29.1 Å². The Morgan fingerprint density at radius 3 is 2.16 bits per heavy atom. The van der Waals surface area contributed by atoms with Crippen molar-refractivity contribution in [3.05, 3.63) is 93.3 Å². The smallest absolute Gasteiger partial charge is 0.318 e. The summed E-state index contributed by atoms with van der Waals surface area (Å²) in [6.07, 6.45) is 2.72. The minimum Gasteiger partial charge on any atom is -0.508 e. The number of carbonyl (C=O) groups excluding carboxylic acids is 2. The van der Waals surface area contributed by atoms with E-state index in [0.717, 1.165) is 19.4 Å². The van der Waals surface area contributed by atoms with Crippen molar-refractivity contribution in [2.24, 2.45) is 5.92 Å². The monoisotopic (exact) mass is 1140 g/mol. The van der Waals surface area contributed by atoms with Crippen LogP contribution in [0.5, 0.6) is 23.5 Å². The van der Waals surface area contributed by atoms with Gasteiger partial charge in [0.15, 0.2) is 0 Å². The molecule has 22 heteroatoms. The minimum atomic E-state index is -0.958. The van der Waals surface area contributed by atoms with Gasteiger partial charge < -0.3 is 53.9 Å². The van der Waals surface area contributed by atoms with Gasteiger partial charge in [-0.1, -0.05) is 19.9 Å². The maximum Gasteiger partial charge on any atom is 0.318 e. The van der Waals surface area contributed by atoms with E-state index in [1.54, 1.807) is 29.2 Å². The molecule has 4 aromatic carbocycles. The molecule has 19 nitrogen and oxygen atoms in total. The number of alkyl halides is 1. The van der Waals surface area contributed by atoms with Crippen LogP contribution in [0.2, 0.25) is 0 Å². The Hall–Kier alpha value is -7.11. The van der Waals surface area contributed by atoms with Crippen LogP contribution in [0.1, 0.15) is 94.7 Å². The summed E-state index contributed by atoms with van der Waals surface area (Å²) in [7, 11) is 2.01. The average Bonchev–Trinajstić information content (AvgIpc) is 4.03. The molecule has 438 valence electrons. The second-order valence-corrected chi connectivity index (χ2v) is 23.5. The molecular weight excluding hydrogens is 1070 g/mol. The summed E-state index contributed by atoms with van der Waals surface area (Å²) in [6.45, 7) is 8.77. The first-order valence-electron chi connectivity index (χ1n) is 29.2. The van der Waals surface area contributed by atoms with E-state index in [2.05, 4.69) is 9.80 Å². The number of rotatable bonds is 14. The number of hydrogen-bond acceptors (Lipinski definition) is 17. The van der Waals surface area contributed by atoms with Crippen LogP contribution in [0.15, 0.2) is 42.5 Å². The number of benzene rings is 4. The third-order valence-corrected chi connectivity index (χ3v) is 18.2. The standard InChI is InChI=1S/C61H69F3N10O9/c1-4-42-45(63)9-8-35-20-39(75)23-49(51(35)42)73-29-47-53(57(73)78)55(70-11-7-15-80-16-13-70)67-59(65-47)82-31-38-19-34(26-69(38)3)18-36-21-46(64)43(5-2)52-44(36)22-40(76)24-50(52)74-30-48-54(58(74)79)56(71-14-17-81-32-41(77)28-71)68-60(66-48)83-33-61-10-6-12-72(61)27-37(62)25-61/h8-9,20-24,34,37-38,41,75-77H,4-7,10-19,25-33H2,1-3H3/t34-,37+,38-,41?,61-/m0/s1. The second-order valence-electron chi connectivity index (χ2n) is 23.5. The molecule has 7 aliphatic rings. The SMILES string of the molecule is CCc1c(F)ccc2cc(O)cc(N3Cc4nc(OC[C@@H]5C[C@H](Cc6cc(F)c(CC)c7c(N8Cc9nc(OC[C@@]%10%11CCCN%10C[C@H](F)C%11)nc(N%10CCOCC(O)C%10)c9C8=O)cc(O)cc67)CN5C)nc(N5CCCOCC5)c4C3=O)c12. The predicted octanol–water partition coefficient (Wildman–Crippen LogP) is 7.03. The first kappa shape index (κ1) is 55.1. The summed E-state index contributed by atoms with van der Waals surface area (Å²) in [5.74, 6) is -1.09. The molecule has 2 amide bonds. The molecule has 7 aliphatic heterocycles. The number of aryl methyl sites for hydroxylation is 2. The number of ether oxygens (including phenoxy) is 4. The van der Waals surface area contributed by atoms with Crippen LogP contribution in [0.4, 0.5) is 36.2 Å². The molecule has 0 spiro atoms. The van der Waals surface area contributed by atoms with Crippen LogP contribution in [0.3, 0.4) is 0 Å². The van der Waals surface area contributed by atoms with Crippen LogP contribution in [-0.2, 0) is 41.8 Å². The number of nitrogens with zero attached hydrogens (tertiary/aromatic N) is 10. The van der Waals surface area contributed by atoms with Crippen molar-refractivity contribution < 1.29 is 57.0 Å². The van der Waals surface area contributed by atoms with Crippen molar-refractivity contribution in [1.82, 2.24) is 29.7 Å². The highest BCUT2D eigenvalue weighted by atomic mass is 19.1. The molecule has 6 aromatic rings. The summed E-state index contributed by atoms with van der Waals surface area (Å²) in [6, 6.07) is 10.7. The number of halogens is 3. The van der Waals surface area contributed by atoms with Crippen molar-refractivity contribution in [1.29, 1.82) is 0 Å². The van der Waals surface area contributed by atoms with Gasteiger partial charge in [0.05, 0.1) is 67.3 Å². The topological polar surface area (TPSA) is 203 Å². The van der Waals surface area contributed by atoms with E-state index in [0.29, 0.717) is 157 Å². The van der Waals surface area contributed by atoms with Crippen LogP contribution >= 0.6 is 0 Å². The van der Waals surface area contributed by atoms with E-state index >= 15 is 13.6 Å². The number of aromatic hydroxyl groups is 2. The van der Waals surface area contributed by atoms with Gasteiger partial charge in [-0.05, 0) is 116 Å². The number of likely N-dealkylation sites (N-methyl/N-ethyl adjacent to an activating group) is 1. The minimum absolute atomic E-state index is 0.0157. The maximum atomic E-state index is 16.8. The van der Waals surface area contributed by atoms with Gasteiger partial charge in [0.1, 0.15) is 65.3 Å². The Morgan fingerprint density at radius 1 is 0.735 bits per heavy atom. The highest BCUT2D eigenvalue weighted by Gasteiger charge is 2.50. The molecule has 2 aromatic heterocycles. The fourth-order valence-corrected chi connectivity index (χ4v) is 14.3. The summed E-state index contributed by atoms with van der Waals surface area (Å²) in [4.78, 5) is 60.3. The van der Waals surface area contributed by atoms with Crippen LogP contribution in [0.25, 0.3) is 21.5 Å². The highest BCUT2D eigenvalue weighted by Crippen LogP contribution is 2.46. The number of likely N-dealkylation sites (tertiary alicyclic amines) is 1. The number of aliphatic hydroxyl groups is 1. The van der Waals surface area contributed by atoms with E-state index in [4.69, 9.17) is 38.9 Å². The Labute approximate surface area is 478 Å². The molecule has 9 heterocycles. The number of phenols is 2. The Kier molecular flexibility index (Phi) is 14.7. The number of amides is 2. The number of β-amino-alcohol motifs (C(OH)–C–C–N with tert-alkyl or cyclic N) is 1. The van der Waals surface area contributed by atoms with Gasteiger partial charge in [-0.15, -0.1) is 0 Å². The molecule has 1 unspecified atom stereocenters. The van der Waals surface area contributed by atoms with Gasteiger partial charge in [-0.3, -0.25) is 19.4 Å². The number of hydrogen-bond donors (Lipinski definition) is 3. The first-order chi connectivity index (χ1) is 40.2. The van der Waals surface area contributed by atoms with Gasteiger partial charge in [0.2, 0.25) is 0 Å². The Bertz CT molecular complexity index is 3550. The largest absolute Gasteiger partial charge is 0.508 e. The summed E-state index contributed by atoms with van der Waals surface area (Å²) in [5.41, 5.74) is 3.08. The number of fused-ring (bicyclic) bond motifs is 5. The molecule has 83 heavy (non-hydrogen) atoms. The van der Waals surface area contributed by atoms with Gasteiger partial charge in [-0.25, -0.2) is 13.2 Å². The lowest BCUT2D eigenvalue weighted by atomic mass is 9.89. The summed E-state index contributed by atoms with van der Waals surface area (Å²) in [5, 5.41) is 35.6. The maximum absolute atomic E-state index is 16.8. The zero-order valence-corrected chi connectivity index (χ0v) is 47.0. The third kappa shape index (κ3) is 10.1. The fraction of sp³-hybridized carbons (Fsp3) is 0.508. The average molecular weight is 1140 g/mol. The zero-order chi connectivity index (χ0) is 57.4. The summed E-state index contributed by atoms with van der Waals surface area (Å²) >= 11 is 0. The Morgan fingerprint density at radius 2 is 1.41 bits per heavy atom. The molecule has 5 fully saturated rings. The van der Waals surface area contributed by atoms with E-state index in [9.17, 15) is 24.5 Å². The molecule has 0 radical (unpaired) electrons. The molecule has 5 saturated heterocycles. The third-order valence-electron chi connectivity index (χ3n) is 18.2. The molecule has 13 rings (SSSR count). The number of phenolic OH excluding ortho intramolecular Hbond substituents is 2. The molecule has 0 saturated carbocycles. The zero-order valence-electron chi connectivity index (χ0n) is 47.0. The van der Waals surface area contributed by atoms with E-state index < -0.39 is 35.4 Å². The quantitative estimate of drug-likeness (QED) is 0.100. The van der Waals surface area contributed by atoms with Gasteiger partial charge >= 0.3 is 12.0 Å². The van der Waals surface area contributed by atoms with Gasteiger partial charge in [0.25, 0.3) is 11.8 Å². The number of anilines is 4. The number of aliphatic hydroxyl groups excluding tert-OH is 1. The molecule has 0 aliphatic carbocycles. The van der Waals surface area contributed by atoms with E-state index in [-0.39, 0.29) is 98.8 Å². The summed E-state index contributed by atoms with van der Waals surface area (Å²) < 4.78 is 71.3. The fourth-order valence-electron chi connectivity index (χ4n) is 14.3. The first-order valence-corrected chi connectivity index (χ1v) is 29.2. The van der Waals surface area contributed by atoms with Crippen LogP contribution in [-0.4, -0.2) is 173 Å². The Balaban J connectivity index is 0.771.